The number of aromatic nitrogens is 2. The molecule has 302 valence electrons. The van der Waals surface area contributed by atoms with Crippen molar-refractivity contribution in [2.45, 2.75) is 129 Å². The number of alkyl carbamates (subject to hydrolysis) is 1. The Bertz CT molecular complexity index is 1750. The third kappa shape index (κ3) is 8.93. The molecule has 5 rings (SSSR count). The Morgan fingerprint density at radius 1 is 1.00 bits per heavy atom. The largest absolute Gasteiger partial charge is 0.458 e. The second-order valence-corrected chi connectivity index (χ2v) is 16.2. The lowest BCUT2D eigenvalue weighted by Crippen LogP contribution is -2.60. The number of aliphatic hydroxyl groups excluding tert-OH is 1. The maximum Gasteiger partial charge on any atom is 0.408 e. The smallest absolute Gasteiger partial charge is 0.408 e. The van der Waals surface area contributed by atoms with E-state index in [2.05, 4.69) is 15.3 Å². The average molecular weight is 767 g/mol. The molecular formula is C41H58N4O10. The molecule has 2 N–H and O–H groups in total. The van der Waals surface area contributed by atoms with Crippen molar-refractivity contribution in [3.63, 3.8) is 0 Å². The van der Waals surface area contributed by atoms with Gasteiger partial charge >= 0.3 is 12.1 Å². The SMILES string of the molecule is CCC1OC(=O)[C@H](C)C(=O)[C@H](C)[C@@H](O[C@@H]2O[C@H](C)C[C@H](N(C)C)[C@H]2O)[C@](C)(OC/C=C/c2ccc3nccnc3c2)C[C@@H](C)C(=O)[C@H](C)[C@H]2NC(=O)O[C@]12C. The molecule has 1 aromatic heterocycles. The molecule has 3 aliphatic rings. The number of cyclic esters (lactones) is 1. The lowest BCUT2D eigenvalue weighted by atomic mass is 9.73. The first-order valence-electron chi connectivity index (χ1n) is 19.3. The fraction of sp³-hybridized carbons (Fsp3) is 0.659. The van der Waals surface area contributed by atoms with E-state index < -0.39 is 83.4 Å². The molecule has 0 bridgehead atoms. The molecule has 3 saturated heterocycles. The number of carbonyl (C=O) groups is 4. The van der Waals surface area contributed by atoms with Crippen LogP contribution in [-0.4, -0.2) is 118 Å². The summed E-state index contributed by atoms with van der Waals surface area (Å²) in [5.41, 5.74) is -0.377. The lowest BCUT2D eigenvalue weighted by Gasteiger charge is -2.47. The number of hydrogen-bond donors (Lipinski definition) is 2. The third-order valence-electron chi connectivity index (χ3n) is 11.8. The number of Topliss-reactive ketones (excluding diaryl/α,β-unsaturated/α-hetero) is 2. The molecule has 0 radical (unpaired) electrons. The van der Waals surface area contributed by atoms with Gasteiger partial charge in [-0.05, 0) is 78.7 Å². The summed E-state index contributed by atoms with van der Waals surface area (Å²) in [6, 6.07) is 4.56. The minimum Gasteiger partial charge on any atom is -0.458 e. The van der Waals surface area contributed by atoms with Gasteiger partial charge in [-0.3, -0.25) is 24.4 Å². The summed E-state index contributed by atoms with van der Waals surface area (Å²) >= 11 is 0. The van der Waals surface area contributed by atoms with Crippen LogP contribution in [0.25, 0.3) is 17.1 Å². The van der Waals surface area contributed by atoms with Crippen LogP contribution in [0.3, 0.4) is 0 Å². The molecule has 3 aliphatic heterocycles. The molecule has 0 aliphatic carbocycles. The summed E-state index contributed by atoms with van der Waals surface area (Å²) < 4.78 is 31.4. The summed E-state index contributed by atoms with van der Waals surface area (Å²) in [5.74, 6) is -5.15. The Kier molecular flexibility index (Phi) is 13.2. The quantitative estimate of drug-likeness (QED) is 0.284. The maximum absolute atomic E-state index is 14.4. The summed E-state index contributed by atoms with van der Waals surface area (Å²) in [6.07, 6.45) is 2.57. The van der Waals surface area contributed by atoms with Gasteiger partial charge in [-0.25, -0.2) is 4.79 Å². The maximum atomic E-state index is 14.4. The number of carbonyl (C=O) groups excluding carboxylic acids is 4. The highest BCUT2D eigenvalue weighted by Crippen LogP contribution is 2.40. The van der Waals surface area contributed by atoms with E-state index in [1.54, 1.807) is 53.9 Å². The Labute approximate surface area is 323 Å². The number of hydrogen-bond acceptors (Lipinski definition) is 13. The number of aliphatic hydroxyl groups is 1. The molecule has 14 heteroatoms. The Morgan fingerprint density at radius 2 is 1.69 bits per heavy atom. The molecule has 0 saturated carbocycles. The molecule has 1 amide bonds. The molecule has 4 heterocycles. The lowest BCUT2D eigenvalue weighted by molar-refractivity contribution is -0.296. The zero-order valence-corrected chi connectivity index (χ0v) is 33.7. The van der Waals surface area contributed by atoms with Gasteiger partial charge in [0, 0.05) is 36.2 Å². The molecule has 14 nitrogen and oxygen atoms in total. The fourth-order valence-electron chi connectivity index (χ4n) is 8.63. The Balaban J connectivity index is 1.56. The number of nitrogens with one attached hydrogen (secondary N) is 1. The van der Waals surface area contributed by atoms with E-state index in [0.717, 1.165) is 16.6 Å². The molecule has 0 spiro atoms. The van der Waals surface area contributed by atoms with Crippen molar-refractivity contribution in [3.8, 4) is 0 Å². The van der Waals surface area contributed by atoms with Crippen molar-refractivity contribution in [2.24, 2.45) is 23.7 Å². The number of rotatable bonds is 8. The topological polar surface area (TPSA) is 176 Å². The van der Waals surface area contributed by atoms with E-state index in [0.29, 0.717) is 6.42 Å². The van der Waals surface area contributed by atoms with Gasteiger partial charge in [-0.2, -0.15) is 0 Å². The van der Waals surface area contributed by atoms with Gasteiger partial charge in [-0.1, -0.05) is 45.9 Å². The molecular weight excluding hydrogens is 708 g/mol. The molecule has 1 aromatic carbocycles. The predicted molar refractivity (Wildman–Crippen MR) is 204 cm³/mol. The average Bonchev–Trinajstić information content (AvgIpc) is 3.47. The number of fused-ring (bicyclic) bond motifs is 2. The number of ether oxygens (including phenoxy) is 5. The zero-order chi connectivity index (χ0) is 40.4. The van der Waals surface area contributed by atoms with Crippen LogP contribution in [0.2, 0.25) is 0 Å². The van der Waals surface area contributed by atoms with Crippen molar-refractivity contribution >= 4 is 40.7 Å². The number of esters is 1. The summed E-state index contributed by atoms with van der Waals surface area (Å²) in [5, 5.41) is 14.4. The van der Waals surface area contributed by atoms with Crippen LogP contribution in [0.1, 0.15) is 80.2 Å². The van der Waals surface area contributed by atoms with Crippen LogP contribution in [0.5, 0.6) is 0 Å². The second kappa shape index (κ2) is 17.1. The van der Waals surface area contributed by atoms with Crippen LogP contribution in [0.4, 0.5) is 4.79 Å². The summed E-state index contributed by atoms with van der Waals surface area (Å²) in [7, 11) is 3.74. The van der Waals surface area contributed by atoms with Crippen LogP contribution in [0.15, 0.2) is 36.7 Å². The van der Waals surface area contributed by atoms with E-state index in [-0.39, 0.29) is 37.4 Å². The number of nitrogens with zero attached hydrogens (tertiary/aromatic N) is 3. The van der Waals surface area contributed by atoms with Gasteiger partial charge in [-0.15, -0.1) is 0 Å². The number of ketones is 2. The van der Waals surface area contributed by atoms with Crippen molar-refractivity contribution in [2.75, 3.05) is 20.7 Å². The minimum atomic E-state index is -1.38. The number of amides is 1. The first-order valence-corrected chi connectivity index (χ1v) is 19.3. The van der Waals surface area contributed by atoms with E-state index in [9.17, 15) is 24.3 Å². The van der Waals surface area contributed by atoms with E-state index in [1.165, 1.54) is 6.92 Å². The number of benzene rings is 1. The highest BCUT2D eigenvalue weighted by atomic mass is 16.7. The highest BCUT2D eigenvalue weighted by Gasteiger charge is 2.57. The number of likely N-dealkylation sites (N-methyl/N-ethyl adjacent to an activating group) is 1. The standard InChI is InChI=1S/C41H58N4O10/c1-11-31-41(8)35(44-39(50)55-41)24(4)32(46)22(2)21-40(7,51-18-12-13-27-14-15-28-29(20-27)43-17-16-42-28)36(25(5)33(47)26(6)37(49)53-31)54-38-34(48)30(45(9)10)19-23(3)52-38/h12-17,20,22-26,30-31,34-36,38,48H,11,18-19,21H2,1-10H3,(H,44,50)/b13-12+/t22-,23-,24+,25+,26-,30+,31?,34-,35-,36-,38+,40-,41-/m1/s1. The minimum absolute atomic E-state index is 0.0530. The van der Waals surface area contributed by atoms with Crippen molar-refractivity contribution in [3.05, 3.63) is 42.2 Å². The first kappa shape index (κ1) is 42.3. The van der Waals surface area contributed by atoms with E-state index in [4.69, 9.17) is 23.7 Å². The van der Waals surface area contributed by atoms with Gasteiger partial charge < -0.3 is 39.0 Å². The molecule has 1 unspecified atom stereocenters. The normalized spacial score (nSPS) is 38.1. The van der Waals surface area contributed by atoms with Crippen molar-refractivity contribution in [1.82, 2.24) is 20.2 Å². The second-order valence-electron chi connectivity index (χ2n) is 16.2. The van der Waals surface area contributed by atoms with Crippen LogP contribution < -0.4 is 5.32 Å². The van der Waals surface area contributed by atoms with Gasteiger partial charge in [0.15, 0.2) is 17.7 Å². The first-order chi connectivity index (χ1) is 25.9. The molecule has 3 fully saturated rings. The third-order valence-corrected chi connectivity index (χ3v) is 11.8. The fourth-order valence-corrected chi connectivity index (χ4v) is 8.63. The van der Waals surface area contributed by atoms with Crippen molar-refractivity contribution in [1.29, 1.82) is 0 Å². The monoisotopic (exact) mass is 766 g/mol. The molecule has 2 aromatic rings. The molecule has 55 heavy (non-hydrogen) atoms. The van der Waals surface area contributed by atoms with Crippen LogP contribution >= 0.6 is 0 Å². The summed E-state index contributed by atoms with van der Waals surface area (Å²) in [6.45, 7) is 13.8. The van der Waals surface area contributed by atoms with Gasteiger partial charge in [0.1, 0.15) is 23.9 Å². The Hall–Kier alpha value is -3.82. The zero-order valence-electron chi connectivity index (χ0n) is 33.7. The van der Waals surface area contributed by atoms with Crippen LogP contribution in [0, 0.1) is 23.7 Å². The van der Waals surface area contributed by atoms with E-state index in [1.807, 2.05) is 56.3 Å². The van der Waals surface area contributed by atoms with Crippen LogP contribution in [-0.2, 0) is 38.1 Å². The molecule has 13 atom stereocenters. The predicted octanol–water partition coefficient (Wildman–Crippen LogP) is 4.50. The van der Waals surface area contributed by atoms with Gasteiger partial charge in [0.25, 0.3) is 0 Å². The van der Waals surface area contributed by atoms with E-state index >= 15 is 0 Å². The Morgan fingerprint density at radius 3 is 2.36 bits per heavy atom. The van der Waals surface area contributed by atoms with Gasteiger partial charge in [0.05, 0.1) is 41.5 Å². The van der Waals surface area contributed by atoms with Crippen molar-refractivity contribution < 1.29 is 48.0 Å². The van der Waals surface area contributed by atoms with Gasteiger partial charge in [0.2, 0.25) is 0 Å². The summed E-state index contributed by atoms with van der Waals surface area (Å²) in [4.78, 5) is 66.0. The highest BCUT2D eigenvalue weighted by molar-refractivity contribution is 6.00.